The average molecular weight is 186 g/mol. The Hall–Kier alpha value is -0.570. The predicted molar refractivity (Wildman–Crippen MR) is 50.2 cm³/mol. The molecular weight excluding hydrogens is 174 g/mol. The van der Waals surface area contributed by atoms with E-state index in [0.717, 1.165) is 11.1 Å². The van der Waals surface area contributed by atoms with Gasteiger partial charge in [-0.15, -0.1) is 0 Å². The first-order valence-corrected chi connectivity index (χ1v) is 4.17. The van der Waals surface area contributed by atoms with Gasteiger partial charge in [0.15, 0.2) is 0 Å². The highest BCUT2D eigenvalue weighted by atomic mass is 35.5. The fourth-order valence-corrected chi connectivity index (χ4v) is 1.13. The second-order valence-corrected chi connectivity index (χ2v) is 3.17. The van der Waals surface area contributed by atoms with Gasteiger partial charge in [-0.3, -0.25) is 0 Å². The summed E-state index contributed by atoms with van der Waals surface area (Å²) in [5.74, 6) is 0. The lowest BCUT2D eigenvalue weighted by atomic mass is 10.1. The second kappa shape index (κ2) is 3.90. The van der Waals surface area contributed by atoms with Gasteiger partial charge in [0.1, 0.15) is 0 Å². The van der Waals surface area contributed by atoms with Gasteiger partial charge >= 0.3 is 0 Å². The number of aliphatic hydroxyl groups is 1. The maximum atomic E-state index is 9.38. The molecule has 2 nitrogen and oxygen atoms in total. The third kappa shape index (κ3) is 1.97. The zero-order valence-electron chi connectivity index (χ0n) is 6.92. The Labute approximate surface area is 77.0 Å². The molecule has 0 aliphatic heterocycles. The standard InChI is InChI=1S/C9H12ClNO/c1-6-4-7(9(12)5-11)2-3-8(6)10/h2-4,9,12H,5,11H2,1H3/t9-/m0/s1. The van der Waals surface area contributed by atoms with E-state index in [2.05, 4.69) is 0 Å². The van der Waals surface area contributed by atoms with Crippen LogP contribution in [0.1, 0.15) is 17.2 Å². The fraction of sp³-hybridized carbons (Fsp3) is 0.333. The van der Waals surface area contributed by atoms with E-state index in [0.29, 0.717) is 5.02 Å². The van der Waals surface area contributed by atoms with Crippen LogP contribution in [0.5, 0.6) is 0 Å². The molecule has 0 bridgehead atoms. The van der Waals surface area contributed by atoms with Gasteiger partial charge in [0.2, 0.25) is 0 Å². The van der Waals surface area contributed by atoms with Crippen LogP contribution in [0.2, 0.25) is 5.02 Å². The third-order valence-electron chi connectivity index (χ3n) is 1.79. The number of aryl methyl sites for hydroxylation is 1. The normalized spacial score (nSPS) is 13.0. The highest BCUT2D eigenvalue weighted by molar-refractivity contribution is 6.31. The maximum Gasteiger partial charge on any atom is 0.0912 e. The molecule has 0 saturated heterocycles. The lowest BCUT2D eigenvalue weighted by Crippen LogP contribution is -2.11. The molecule has 66 valence electrons. The lowest BCUT2D eigenvalue weighted by Gasteiger charge is -2.08. The van der Waals surface area contributed by atoms with Gasteiger partial charge in [0.05, 0.1) is 6.10 Å². The summed E-state index contributed by atoms with van der Waals surface area (Å²) in [7, 11) is 0. The molecule has 1 aromatic rings. The summed E-state index contributed by atoms with van der Waals surface area (Å²) in [4.78, 5) is 0. The number of benzene rings is 1. The van der Waals surface area contributed by atoms with Crippen LogP contribution in [0, 0.1) is 6.92 Å². The number of hydrogen-bond acceptors (Lipinski definition) is 2. The Morgan fingerprint density at radius 2 is 2.25 bits per heavy atom. The molecule has 12 heavy (non-hydrogen) atoms. The van der Waals surface area contributed by atoms with Crippen molar-refractivity contribution in [1.29, 1.82) is 0 Å². The number of aliphatic hydroxyl groups excluding tert-OH is 1. The zero-order chi connectivity index (χ0) is 9.14. The lowest BCUT2D eigenvalue weighted by molar-refractivity contribution is 0.186. The summed E-state index contributed by atoms with van der Waals surface area (Å²) in [5, 5.41) is 10.1. The van der Waals surface area contributed by atoms with E-state index in [-0.39, 0.29) is 6.54 Å². The summed E-state index contributed by atoms with van der Waals surface area (Å²) in [6, 6.07) is 5.40. The van der Waals surface area contributed by atoms with Crippen molar-refractivity contribution >= 4 is 11.6 Å². The topological polar surface area (TPSA) is 46.2 Å². The van der Waals surface area contributed by atoms with Crippen molar-refractivity contribution in [2.24, 2.45) is 5.73 Å². The molecule has 0 fully saturated rings. The molecule has 0 unspecified atom stereocenters. The van der Waals surface area contributed by atoms with Crippen LogP contribution in [0.3, 0.4) is 0 Å². The Kier molecular flexibility index (Phi) is 3.09. The molecule has 0 aliphatic rings. The molecule has 0 amide bonds. The van der Waals surface area contributed by atoms with Gasteiger partial charge in [0.25, 0.3) is 0 Å². The summed E-state index contributed by atoms with van der Waals surface area (Å²) in [6.07, 6.45) is -0.582. The van der Waals surface area contributed by atoms with Gasteiger partial charge < -0.3 is 10.8 Å². The third-order valence-corrected chi connectivity index (χ3v) is 2.21. The van der Waals surface area contributed by atoms with Crippen molar-refractivity contribution in [2.75, 3.05) is 6.54 Å². The minimum absolute atomic E-state index is 0.237. The first-order valence-electron chi connectivity index (χ1n) is 3.79. The van der Waals surface area contributed by atoms with Crippen molar-refractivity contribution in [3.05, 3.63) is 34.3 Å². The molecule has 3 heteroatoms. The van der Waals surface area contributed by atoms with E-state index in [1.165, 1.54) is 0 Å². The quantitative estimate of drug-likeness (QED) is 0.736. The van der Waals surface area contributed by atoms with Crippen LogP contribution in [-0.4, -0.2) is 11.7 Å². The number of nitrogens with two attached hydrogens (primary N) is 1. The smallest absolute Gasteiger partial charge is 0.0912 e. The molecule has 1 aromatic carbocycles. The molecule has 0 spiro atoms. The van der Waals surface area contributed by atoms with Gasteiger partial charge in [-0.25, -0.2) is 0 Å². The summed E-state index contributed by atoms with van der Waals surface area (Å²) < 4.78 is 0. The van der Waals surface area contributed by atoms with Crippen molar-refractivity contribution in [3.63, 3.8) is 0 Å². The Morgan fingerprint density at radius 1 is 1.58 bits per heavy atom. The van der Waals surface area contributed by atoms with Crippen molar-refractivity contribution in [1.82, 2.24) is 0 Å². The summed E-state index contributed by atoms with van der Waals surface area (Å²) in [5.41, 5.74) is 7.09. The maximum absolute atomic E-state index is 9.38. The van der Waals surface area contributed by atoms with E-state index >= 15 is 0 Å². The van der Waals surface area contributed by atoms with E-state index in [1.54, 1.807) is 12.1 Å². The number of halogens is 1. The van der Waals surface area contributed by atoms with Gasteiger partial charge in [-0.2, -0.15) is 0 Å². The molecular formula is C9H12ClNO. The predicted octanol–water partition coefficient (Wildman–Crippen LogP) is 1.64. The highest BCUT2D eigenvalue weighted by Gasteiger charge is 2.05. The van der Waals surface area contributed by atoms with Crippen LogP contribution in [0.25, 0.3) is 0 Å². The molecule has 1 atom stereocenters. The van der Waals surface area contributed by atoms with Crippen molar-refractivity contribution in [2.45, 2.75) is 13.0 Å². The zero-order valence-corrected chi connectivity index (χ0v) is 7.67. The van der Waals surface area contributed by atoms with Crippen molar-refractivity contribution in [3.8, 4) is 0 Å². The molecule has 0 aromatic heterocycles. The van der Waals surface area contributed by atoms with Gasteiger partial charge in [-0.1, -0.05) is 23.7 Å². The molecule has 0 saturated carbocycles. The average Bonchev–Trinajstić information content (AvgIpc) is 2.08. The molecule has 0 heterocycles. The minimum atomic E-state index is -0.582. The first-order chi connectivity index (χ1) is 5.65. The van der Waals surface area contributed by atoms with Crippen LogP contribution < -0.4 is 5.73 Å². The SMILES string of the molecule is Cc1cc([C@@H](O)CN)ccc1Cl. The molecule has 0 radical (unpaired) electrons. The van der Waals surface area contributed by atoms with Crippen LogP contribution in [0.4, 0.5) is 0 Å². The Bertz CT molecular complexity index is 275. The molecule has 0 aliphatic carbocycles. The van der Waals surface area contributed by atoms with E-state index in [1.807, 2.05) is 13.0 Å². The van der Waals surface area contributed by atoms with Gasteiger partial charge in [0, 0.05) is 11.6 Å². The molecule has 3 N–H and O–H groups in total. The van der Waals surface area contributed by atoms with Crippen LogP contribution >= 0.6 is 11.6 Å². The highest BCUT2D eigenvalue weighted by Crippen LogP contribution is 2.19. The fourth-order valence-electron chi connectivity index (χ4n) is 1.01. The van der Waals surface area contributed by atoms with E-state index in [9.17, 15) is 5.11 Å². The monoisotopic (exact) mass is 185 g/mol. The van der Waals surface area contributed by atoms with Crippen molar-refractivity contribution < 1.29 is 5.11 Å². The second-order valence-electron chi connectivity index (χ2n) is 2.76. The largest absolute Gasteiger partial charge is 0.387 e. The summed E-state index contributed by atoms with van der Waals surface area (Å²) in [6.45, 7) is 2.14. The van der Waals surface area contributed by atoms with E-state index in [4.69, 9.17) is 17.3 Å². The van der Waals surface area contributed by atoms with Crippen LogP contribution in [-0.2, 0) is 0 Å². The summed E-state index contributed by atoms with van der Waals surface area (Å²) >= 11 is 5.82. The first kappa shape index (κ1) is 9.52. The minimum Gasteiger partial charge on any atom is -0.387 e. The van der Waals surface area contributed by atoms with Gasteiger partial charge in [-0.05, 0) is 24.1 Å². The Morgan fingerprint density at radius 3 is 2.75 bits per heavy atom. The molecule has 1 rings (SSSR count). The number of rotatable bonds is 2. The Balaban J connectivity index is 2.96. The van der Waals surface area contributed by atoms with E-state index < -0.39 is 6.10 Å². The number of hydrogen-bond donors (Lipinski definition) is 2. The van der Waals surface area contributed by atoms with Crippen LogP contribution in [0.15, 0.2) is 18.2 Å².